The molecule has 3 aromatic heterocycles. The van der Waals surface area contributed by atoms with E-state index in [1.807, 2.05) is 12.1 Å². The molecule has 4 aromatic rings. The van der Waals surface area contributed by atoms with Crippen LogP contribution in [-0.2, 0) is 6.42 Å². The summed E-state index contributed by atoms with van der Waals surface area (Å²) in [4.78, 5) is 0.782. The van der Waals surface area contributed by atoms with Gasteiger partial charge in [-0.05, 0) is 35.6 Å². The third kappa shape index (κ3) is 3.09. The van der Waals surface area contributed by atoms with Gasteiger partial charge in [0.05, 0.1) is 6.26 Å². The van der Waals surface area contributed by atoms with E-state index in [4.69, 9.17) is 9.52 Å². The standard InChI is InChI=1S/C19H20N4OS/c1-12(2)11-14-6-8-15(9-7-14)13(3)18-22-23-17(16-5-4-10-24-16)20-21-19(23)25-18/h4-10,12-13H,11H2,1-3H3/t13-/m0/s1. The smallest absolute Gasteiger partial charge is 0.235 e. The van der Waals surface area contributed by atoms with E-state index in [1.165, 1.54) is 11.1 Å². The van der Waals surface area contributed by atoms with Crippen LogP contribution in [0.15, 0.2) is 47.1 Å². The average Bonchev–Trinajstić information content (AvgIpc) is 3.30. The van der Waals surface area contributed by atoms with E-state index >= 15 is 0 Å². The second kappa shape index (κ2) is 6.44. The summed E-state index contributed by atoms with van der Waals surface area (Å²) in [5.74, 6) is 2.20. The van der Waals surface area contributed by atoms with E-state index in [1.54, 1.807) is 22.1 Å². The summed E-state index contributed by atoms with van der Waals surface area (Å²) in [5, 5.41) is 14.2. The van der Waals surface area contributed by atoms with Gasteiger partial charge in [0.2, 0.25) is 10.8 Å². The molecule has 0 fully saturated rings. The molecular formula is C19H20N4OS. The number of fused-ring (bicyclic) bond motifs is 1. The first-order valence-corrected chi connectivity index (χ1v) is 9.28. The van der Waals surface area contributed by atoms with Crippen LogP contribution in [0.4, 0.5) is 0 Å². The Morgan fingerprint density at radius 2 is 1.88 bits per heavy atom. The van der Waals surface area contributed by atoms with Gasteiger partial charge in [0.15, 0.2) is 5.76 Å². The van der Waals surface area contributed by atoms with E-state index in [0.717, 1.165) is 16.4 Å². The Bertz CT molecular complexity index is 967. The number of benzene rings is 1. The molecule has 128 valence electrons. The fourth-order valence-corrected chi connectivity index (χ4v) is 3.84. The molecule has 5 nitrogen and oxygen atoms in total. The molecule has 0 bridgehead atoms. The van der Waals surface area contributed by atoms with Gasteiger partial charge in [-0.25, -0.2) is 0 Å². The minimum absolute atomic E-state index is 0.212. The minimum Gasteiger partial charge on any atom is -0.461 e. The number of aromatic nitrogens is 4. The summed E-state index contributed by atoms with van der Waals surface area (Å²) in [6.07, 6.45) is 2.74. The van der Waals surface area contributed by atoms with Crippen molar-refractivity contribution >= 4 is 16.3 Å². The van der Waals surface area contributed by atoms with Gasteiger partial charge in [-0.2, -0.15) is 9.61 Å². The normalized spacial score (nSPS) is 13.0. The zero-order valence-corrected chi connectivity index (χ0v) is 15.3. The van der Waals surface area contributed by atoms with Crippen LogP contribution in [0.1, 0.15) is 42.8 Å². The van der Waals surface area contributed by atoms with Crippen LogP contribution in [0, 0.1) is 5.92 Å². The quantitative estimate of drug-likeness (QED) is 0.518. The molecule has 1 atom stereocenters. The van der Waals surface area contributed by atoms with Crippen LogP contribution in [0.2, 0.25) is 0 Å². The lowest BCUT2D eigenvalue weighted by atomic mass is 9.97. The van der Waals surface area contributed by atoms with Crippen molar-refractivity contribution in [3.05, 3.63) is 58.8 Å². The van der Waals surface area contributed by atoms with Crippen molar-refractivity contribution in [2.45, 2.75) is 33.1 Å². The molecule has 0 unspecified atom stereocenters. The molecule has 4 rings (SSSR count). The first kappa shape index (κ1) is 16.0. The topological polar surface area (TPSA) is 56.2 Å². The highest BCUT2D eigenvalue weighted by atomic mass is 32.1. The molecule has 1 aromatic carbocycles. The first-order chi connectivity index (χ1) is 12.1. The largest absolute Gasteiger partial charge is 0.461 e. The second-order valence-corrected chi connectivity index (χ2v) is 7.68. The summed E-state index contributed by atoms with van der Waals surface area (Å²) in [7, 11) is 0. The number of rotatable bonds is 5. The van der Waals surface area contributed by atoms with E-state index in [2.05, 4.69) is 55.2 Å². The monoisotopic (exact) mass is 352 g/mol. The molecule has 6 heteroatoms. The van der Waals surface area contributed by atoms with Gasteiger partial charge in [0.25, 0.3) is 0 Å². The Morgan fingerprint density at radius 3 is 2.56 bits per heavy atom. The summed E-state index contributed by atoms with van der Waals surface area (Å²) in [5.41, 5.74) is 2.64. The first-order valence-electron chi connectivity index (χ1n) is 8.46. The number of nitrogens with zero attached hydrogens (tertiary/aromatic N) is 4. The Morgan fingerprint density at radius 1 is 1.08 bits per heavy atom. The van der Waals surface area contributed by atoms with E-state index in [9.17, 15) is 0 Å². The Labute approximate surface area is 150 Å². The third-order valence-corrected chi connectivity index (χ3v) is 5.32. The molecule has 0 amide bonds. The van der Waals surface area contributed by atoms with Gasteiger partial charge in [-0.3, -0.25) is 0 Å². The molecule has 25 heavy (non-hydrogen) atoms. The zero-order chi connectivity index (χ0) is 17.4. The summed E-state index contributed by atoms with van der Waals surface area (Å²) < 4.78 is 7.19. The lowest BCUT2D eigenvalue weighted by molar-refractivity contribution is 0.574. The van der Waals surface area contributed by atoms with Crippen LogP contribution in [0.3, 0.4) is 0 Å². The average molecular weight is 352 g/mol. The second-order valence-electron chi connectivity index (χ2n) is 6.70. The molecule has 3 heterocycles. The number of hydrogen-bond acceptors (Lipinski definition) is 5. The van der Waals surface area contributed by atoms with Crippen molar-refractivity contribution < 1.29 is 4.42 Å². The van der Waals surface area contributed by atoms with Crippen molar-refractivity contribution in [2.75, 3.05) is 0 Å². The lowest BCUT2D eigenvalue weighted by Gasteiger charge is -2.10. The van der Waals surface area contributed by atoms with Crippen molar-refractivity contribution in [2.24, 2.45) is 5.92 Å². The lowest BCUT2D eigenvalue weighted by Crippen LogP contribution is -1.99. The highest BCUT2D eigenvalue weighted by Crippen LogP contribution is 2.30. The fraction of sp³-hybridized carbons (Fsp3) is 0.316. The van der Waals surface area contributed by atoms with Gasteiger partial charge < -0.3 is 4.42 Å². The maximum absolute atomic E-state index is 5.43. The zero-order valence-electron chi connectivity index (χ0n) is 14.5. The number of furan rings is 1. The molecule has 0 spiro atoms. The predicted octanol–water partition coefficient (Wildman–Crippen LogP) is 4.80. The molecular weight excluding hydrogens is 332 g/mol. The molecule has 0 radical (unpaired) electrons. The van der Waals surface area contributed by atoms with Gasteiger partial charge in [-0.15, -0.1) is 10.2 Å². The molecule has 0 N–H and O–H groups in total. The van der Waals surface area contributed by atoms with E-state index in [0.29, 0.717) is 17.5 Å². The van der Waals surface area contributed by atoms with Crippen LogP contribution >= 0.6 is 11.3 Å². The summed E-state index contributed by atoms with van der Waals surface area (Å²) in [6.45, 7) is 6.66. The summed E-state index contributed by atoms with van der Waals surface area (Å²) in [6, 6.07) is 12.6. The van der Waals surface area contributed by atoms with Crippen LogP contribution in [-0.4, -0.2) is 19.8 Å². The molecule has 0 aliphatic carbocycles. The van der Waals surface area contributed by atoms with E-state index in [-0.39, 0.29) is 5.92 Å². The van der Waals surface area contributed by atoms with Crippen LogP contribution in [0.5, 0.6) is 0 Å². The molecule has 0 saturated heterocycles. The third-order valence-electron chi connectivity index (χ3n) is 4.24. The Hall–Kier alpha value is -2.47. The van der Waals surface area contributed by atoms with Crippen molar-refractivity contribution in [1.82, 2.24) is 19.8 Å². The van der Waals surface area contributed by atoms with Crippen LogP contribution < -0.4 is 0 Å². The van der Waals surface area contributed by atoms with E-state index < -0.39 is 0 Å². The predicted molar refractivity (Wildman–Crippen MR) is 98.9 cm³/mol. The van der Waals surface area contributed by atoms with Crippen molar-refractivity contribution in [3.8, 4) is 11.6 Å². The van der Waals surface area contributed by atoms with Crippen molar-refractivity contribution in [3.63, 3.8) is 0 Å². The highest BCUT2D eigenvalue weighted by Gasteiger charge is 2.19. The van der Waals surface area contributed by atoms with Gasteiger partial charge in [-0.1, -0.05) is 56.4 Å². The maximum atomic E-state index is 5.43. The summed E-state index contributed by atoms with van der Waals surface area (Å²) >= 11 is 1.57. The minimum atomic E-state index is 0.212. The number of hydrogen-bond donors (Lipinski definition) is 0. The van der Waals surface area contributed by atoms with Gasteiger partial charge in [0.1, 0.15) is 5.01 Å². The van der Waals surface area contributed by atoms with Gasteiger partial charge >= 0.3 is 0 Å². The SMILES string of the molecule is CC(C)Cc1ccc([C@H](C)c2nn3c(-c4ccco4)nnc3s2)cc1. The Kier molecular flexibility index (Phi) is 4.13. The molecule has 0 saturated carbocycles. The Balaban J connectivity index is 1.63. The molecule has 0 aliphatic rings. The highest BCUT2D eigenvalue weighted by molar-refractivity contribution is 7.16. The van der Waals surface area contributed by atoms with Crippen molar-refractivity contribution in [1.29, 1.82) is 0 Å². The maximum Gasteiger partial charge on any atom is 0.235 e. The molecule has 0 aliphatic heterocycles. The fourth-order valence-electron chi connectivity index (χ4n) is 2.92. The van der Waals surface area contributed by atoms with Crippen LogP contribution in [0.25, 0.3) is 16.5 Å². The van der Waals surface area contributed by atoms with Gasteiger partial charge in [0, 0.05) is 5.92 Å².